The highest BCUT2D eigenvalue weighted by molar-refractivity contribution is 6.31. The summed E-state index contributed by atoms with van der Waals surface area (Å²) in [6.07, 6.45) is 1.28. The summed E-state index contributed by atoms with van der Waals surface area (Å²) >= 11 is 5.90. The normalized spacial score (nSPS) is 19.4. The van der Waals surface area contributed by atoms with Gasteiger partial charge in [0.2, 0.25) is 5.91 Å². The zero-order valence-electron chi connectivity index (χ0n) is 12.3. The summed E-state index contributed by atoms with van der Waals surface area (Å²) in [5, 5.41) is 3.37. The monoisotopic (exact) mass is 311 g/mol. The molecule has 1 heterocycles. The number of anilines is 2. The molecule has 1 aromatic carbocycles. The topological polar surface area (TPSA) is 67.6 Å². The zero-order valence-corrected chi connectivity index (χ0v) is 13.0. The van der Waals surface area contributed by atoms with E-state index in [1.165, 1.54) is 0 Å². The van der Waals surface area contributed by atoms with Gasteiger partial charge < -0.3 is 15.8 Å². The molecule has 1 fully saturated rings. The van der Waals surface area contributed by atoms with E-state index in [0.29, 0.717) is 28.9 Å². The van der Waals surface area contributed by atoms with Crippen LogP contribution in [0.15, 0.2) is 18.2 Å². The van der Waals surface area contributed by atoms with Crippen LogP contribution >= 0.6 is 11.6 Å². The molecule has 0 saturated carbocycles. The summed E-state index contributed by atoms with van der Waals surface area (Å²) in [5.41, 5.74) is 6.90. The summed E-state index contributed by atoms with van der Waals surface area (Å²) in [6, 6.07) is 5.48. The third-order valence-corrected chi connectivity index (χ3v) is 3.88. The number of nitrogens with two attached hydrogens (primary N) is 1. The first kappa shape index (κ1) is 16.1. The molecule has 5 nitrogen and oxygen atoms in total. The first-order chi connectivity index (χ1) is 10.1. The highest BCUT2D eigenvalue weighted by atomic mass is 35.5. The van der Waals surface area contributed by atoms with Crippen molar-refractivity contribution in [3.05, 3.63) is 23.2 Å². The van der Waals surface area contributed by atoms with Gasteiger partial charge in [-0.1, -0.05) is 11.6 Å². The van der Waals surface area contributed by atoms with Crippen molar-refractivity contribution in [2.45, 2.75) is 25.8 Å². The number of nitrogens with zero attached hydrogens (tertiary/aromatic N) is 1. The van der Waals surface area contributed by atoms with Gasteiger partial charge >= 0.3 is 0 Å². The molecule has 2 rings (SSSR count). The van der Waals surface area contributed by atoms with Crippen LogP contribution in [0.3, 0.4) is 0 Å². The van der Waals surface area contributed by atoms with Crippen LogP contribution in [0.5, 0.6) is 0 Å². The van der Waals surface area contributed by atoms with Crippen LogP contribution in [0.2, 0.25) is 5.02 Å². The Labute approximate surface area is 130 Å². The van der Waals surface area contributed by atoms with E-state index in [-0.39, 0.29) is 5.91 Å². The predicted molar refractivity (Wildman–Crippen MR) is 85.6 cm³/mol. The maximum atomic E-state index is 11.9. The molecule has 0 bridgehead atoms. The molecule has 21 heavy (non-hydrogen) atoms. The number of ether oxygens (including phenoxy) is 1. The van der Waals surface area contributed by atoms with Crippen molar-refractivity contribution in [3.8, 4) is 0 Å². The van der Waals surface area contributed by atoms with Crippen molar-refractivity contribution < 1.29 is 9.53 Å². The number of carbonyl (C=O) groups is 1. The average molecular weight is 312 g/mol. The molecular formula is C15H22ClN3O2. The fourth-order valence-electron chi connectivity index (χ4n) is 2.39. The second-order valence-electron chi connectivity index (χ2n) is 5.34. The van der Waals surface area contributed by atoms with Gasteiger partial charge in [-0.15, -0.1) is 0 Å². The number of hydrogen-bond donors (Lipinski definition) is 2. The van der Waals surface area contributed by atoms with E-state index < -0.39 is 0 Å². The standard InChI is InChI=1S/C15H22ClN3O2/c1-11-10-21-8-7-19(11)6-2-3-15(20)18-14-9-12(16)4-5-13(14)17/h4-5,9,11H,2-3,6-8,10,17H2,1H3,(H,18,20). The van der Waals surface area contributed by atoms with Crippen molar-refractivity contribution in [1.29, 1.82) is 0 Å². The van der Waals surface area contributed by atoms with E-state index in [4.69, 9.17) is 22.1 Å². The van der Waals surface area contributed by atoms with Crippen LogP contribution < -0.4 is 11.1 Å². The molecule has 1 unspecified atom stereocenters. The van der Waals surface area contributed by atoms with Crippen molar-refractivity contribution in [3.63, 3.8) is 0 Å². The van der Waals surface area contributed by atoms with Crippen LogP contribution in [0.1, 0.15) is 19.8 Å². The van der Waals surface area contributed by atoms with Crippen LogP contribution in [0.25, 0.3) is 0 Å². The van der Waals surface area contributed by atoms with Crippen molar-refractivity contribution in [2.75, 3.05) is 37.4 Å². The second kappa shape index (κ2) is 7.64. The number of benzene rings is 1. The van der Waals surface area contributed by atoms with Gasteiger partial charge in [-0.05, 0) is 38.1 Å². The van der Waals surface area contributed by atoms with Gasteiger partial charge in [-0.3, -0.25) is 9.69 Å². The summed E-state index contributed by atoms with van der Waals surface area (Å²) in [7, 11) is 0. The number of carbonyl (C=O) groups excluding carboxylic acids is 1. The van der Waals surface area contributed by atoms with Gasteiger partial charge in [0.05, 0.1) is 24.6 Å². The number of hydrogen-bond acceptors (Lipinski definition) is 4. The number of rotatable bonds is 5. The largest absolute Gasteiger partial charge is 0.397 e. The minimum atomic E-state index is -0.0371. The summed E-state index contributed by atoms with van der Waals surface area (Å²) in [6.45, 7) is 5.53. The van der Waals surface area contributed by atoms with E-state index in [2.05, 4.69) is 17.1 Å². The van der Waals surface area contributed by atoms with Crippen LogP contribution in [0.4, 0.5) is 11.4 Å². The van der Waals surface area contributed by atoms with Gasteiger partial charge in [0.15, 0.2) is 0 Å². The maximum Gasteiger partial charge on any atom is 0.224 e. The van der Waals surface area contributed by atoms with Crippen molar-refractivity contribution in [2.24, 2.45) is 0 Å². The van der Waals surface area contributed by atoms with E-state index in [0.717, 1.165) is 32.7 Å². The number of halogens is 1. The van der Waals surface area contributed by atoms with Gasteiger partial charge in [0, 0.05) is 24.0 Å². The van der Waals surface area contributed by atoms with Gasteiger partial charge in [0.25, 0.3) is 0 Å². The number of nitrogens with one attached hydrogen (secondary N) is 1. The lowest BCUT2D eigenvalue weighted by Crippen LogP contribution is -2.44. The molecule has 1 aliphatic heterocycles. The summed E-state index contributed by atoms with van der Waals surface area (Å²) in [5.74, 6) is -0.0371. The van der Waals surface area contributed by atoms with Crippen molar-refractivity contribution in [1.82, 2.24) is 4.90 Å². The van der Waals surface area contributed by atoms with Gasteiger partial charge in [-0.2, -0.15) is 0 Å². The molecule has 116 valence electrons. The molecule has 1 aliphatic rings. The Morgan fingerprint density at radius 2 is 2.38 bits per heavy atom. The second-order valence-corrected chi connectivity index (χ2v) is 5.78. The Balaban J connectivity index is 1.75. The minimum Gasteiger partial charge on any atom is -0.397 e. The predicted octanol–water partition coefficient (Wildman–Crippen LogP) is 2.36. The third kappa shape index (κ3) is 4.88. The third-order valence-electron chi connectivity index (χ3n) is 3.64. The molecule has 1 atom stereocenters. The SMILES string of the molecule is CC1COCCN1CCCC(=O)Nc1cc(Cl)ccc1N. The Bertz CT molecular complexity index is 496. The van der Waals surface area contributed by atoms with Crippen LogP contribution in [-0.4, -0.2) is 43.2 Å². The molecular weight excluding hydrogens is 290 g/mol. The van der Waals surface area contributed by atoms with E-state index in [9.17, 15) is 4.79 Å². The van der Waals surface area contributed by atoms with Gasteiger partial charge in [0.1, 0.15) is 0 Å². The lowest BCUT2D eigenvalue weighted by molar-refractivity contribution is -0.116. The Hall–Kier alpha value is -1.30. The molecule has 0 spiro atoms. The fraction of sp³-hybridized carbons (Fsp3) is 0.533. The average Bonchev–Trinajstić information content (AvgIpc) is 2.45. The smallest absolute Gasteiger partial charge is 0.224 e. The Kier molecular flexibility index (Phi) is 5.85. The number of nitrogen functional groups attached to an aromatic ring is 1. The van der Waals surface area contributed by atoms with Crippen LogP contribution in [-0.2, 0) is 9.53 Å². The zero-order chi connectivity index (χ0) is 15.2. The minimum absolute atomic E-state index is 0.0371. The summed E-state index contributed by atoms with van der Waals surface area (Å²) < 4.78 is 5.40. The first-order valence-electron chi connectivity index (χ1n) is 7.23. The highest BCUT2D eigenvalue weighted by Crippen LogP contribution is 2.23. The van der Waals surface area contributed by atoms with E-state index in [1.807, 2.05) is 0 Å². The quantitative estimate of drug-likeness (QED) is 0.819. The Morgan fingerprint density at radius 1 is 1.57 bits per heavy atom. The highest BCUT2D eigenvalue weighted by Gasteiger charge is 2.18. The molecule has 3 N–H and O–H groups in total. The fourth-order valence-corrected chi connectivity index (χ4v) is 2.56. The molecule has 0 aliphatic carbocycles. The maximum absolute atomic E-state index is 11.9. The van der Waals surface area contributed by atoms with E-state index >= 15 is 0 Å². The van der Waals surface area contributed by atoms with Crippen molar-refractivity contribution >= 4 is 28.9 Å². The molecule has 0 radical (unpaired) electrons. The first-order valence-corrected chi connectivity index (χ1v) is 7.60. The molecule has 0 aromatic heterocycles. The summed E-state index contributed by atoms with van der Waals surface area (Å²) in [4.78, 5) is 14.3. The molecule has 1 saturated heterocycles. The molecule has 1 aromatic rings. The lowest BCUT2D eigenvalue weighted by Gasteiger charge is -2.33. The Morgan fingerprint density at radius 3 is 3.14 bits per heavy atom. The lowest BCUT2D eigenvalue weighted by atomic mass is 10.2. The van der Waals surface area contributed by atoms with Crippen LogP contribution in [0, 0.1) is 0 Å². The van der Waals surface area contributed by atoms with E-state index in [1.54, 1.807) is 18.2 Å². The molecule has 6 heteroatoms. The number of morpholine rings is 1. The number of amides is 1. The molecule has 1 amide bonds. The van der Waals surface area contributed by atoms with Gasteiger partial charge in [-0.25, -0.2) is 0 Å².